The normalized spacial score (nSPS) is 28.1. The number of benzene rings is 2. The van der Waals surface area contributed by atoms with Gasteiger partial charge in [0.25, 0.3) is 6.01 Å². The van der Waals surface area contributed by atoms with Crippen LogP contribution in [0.1, 0.15) is 121 Å². The number of carbonyl (C=O) groups is 3. The van der Waals surface area contributed by atoms with Gasteiger partial charge in [0.05, 0.1) is 17.3 Å². The third-order valence-corrected chi connectivity index (χ3v) is 13.6. The Bertz CT molecular complexity index is 2120. The fraction of sp³-hybridized carbons (Fsp3) is 0.533. The van der Waals surface area contributed by atoms with Crippen molar-refractivity contribution in [3.63, 3.8) is 0 Å². The Hall–Kier alpha value is -4.58. The Labute approximate surface area is 337 Å². The van der Waals surface area contributed by atoms with Crippen molar-refractivity contribution in [1.82, 2.24) is 19.9 Å². The van der Waals surface area contributed by atoms with E-state index < -0.39 is 35.5 Å². The number of ether oxygens (including phenoxy) is 1. The van der Waals surface area contributed by atoms with Crippen molar-refractivity contribution in [2.45, 2.75) is 133 Å². The molecule has 8 rings (SSSR count). The zero-order valence-electron chi connectivity index (χ0n) is 32.9. The molecule has 3 aliphatic carbocycles. The second-order valence-corrected chi connectivity index (χ2v) is 17.9. The molecule has 4 aliphatic rings. The molecular formula is C45H54FN5O5S. The van der Waals surface area contributed by atoms with Gasteiger partial charge in [0, 0.05) is 46.3 Å². The maximum atomic E-state index is 14.7. The monoisotopic (exact) mass is 795 g/mol. The summed E-state index contributed by atoms with van der Waals surface area (Å²) >= 11 is 1.65. The van der Waals surface area contributed by atoms with Gasteiger partial charge in [-0.05, 0) is 114 Å². The first-order chi connectivity index (χ1) is 27.6. The van der Waals surface area contributed by atoms with E-state index in [4.69, 9.17) is 14.7 Å². The fourth-order valence-electron chi connectivity index (χ4n) is 9.43. The van der Waals surface area contributed by atoms with E-state index in [0.717, 1.165) is 53.0 Å². The van der Waals surface area contributed by atoms with Crippen molar-refractivity contribution in [3.8, 4) is 16.6 Å². The molecule has 12 heteroatoms. The van der Waals surface area contributed by atoms with Gasteiger partial charge < -0.3 is 20.5 Å². The Kier molecular flexibility index (Phi) is 11.5. The minimum atomic E-state index is -1.32. The van der Waals surface area contributed by atoms with Gasteiger partial charge in [-0.1, -0.05) is 43.9 Å². The number of thiazole rings is 1. The van der Waals surface area contributed by atoms with E-state index in [1.807, 2.05) is 24.3 Å². The Morgan fingerprint density at radius 2 is 1.72 bits per heavy atom. The van der Waals surface area contributed by atoms with Gasteiger partial charge in [-0.3, -0.25) is 14.2 Å². The summed E-state index contributed by atoms with van der Waals surface area (Å²) < 4.78 is 22.8. The minimum absolute atomic E-state index is 0.00831. The summed E-state index contributed by atoms with van der Waals surface area (Å²) in [6.45, 7) is 4.18. The average Bonchev–Trinajstić information content (AvgIpc) is 3.55. The molecule has 1 aliphatic heterocycles. The van der Waals surface area contributed by atoms with E-state index in [-0.39, 0.29) is 29.5 Å². The molecule has 0 radical (unpaired) electrons. The SMILES string of the molecule is CC(C)n1c(O[C@H]2CC3CC[C@@H](C2)C(=O)N[C@]2(C(=O)O)C[C@H]2/C=C\CCCCC[C@H](Nc2ccc(F)cc2)C3=O)nc2c(-c3nc(C4CCCC4)cs3)cccc21. The zero-order chi connectivity index (χ0) is 39.7. The van der Waals surface area contributed by atoms with Crippen molar-refractivity contribution >= 4 is 45.7 Å². The number of carbonyl (C=O) groups excluding carboxylic acids is 2. The molecule has 3 N–H and O–H groups in total. The number of nitrogens with zero attached hydrogens (tertiary/aromatic N) is 3. The fourth-order valence-corrected chi connectivity index (χ4v) is 10.4. The molecule has 3 fully saturated rings. The maximum Gasteiger partial charge on any atom is 0.330 e. The number of hydrogen-bond acceptors (Lipinski definition) is 8. The topological polar surface area (TPSA) is 135 Å². The Balaban J connectivity index is 1.13. The number of ketones is 1. The number of anilines is 1. The number of fused-ring (bicyclic) bond motifs is 5. The highest BCUT2D eigenvalue weighted by Crippen LogP contribution is 2.46. The van der Waals surface area contributed by atoms with Crippen LogP contribution in [-0.2, 0) is 14.4 Å². The number of allylic oxidation sites excluding steroid dienone is 1. The lowest BCUT2D eigenvalue weighted by atomic mass is 9.87. The predicted molar refractivity (Wildman–Crippen MR) is 220 cm³/mol. The van der Waals surface area contributed by atoms with Crippen LogP contribution in [0.3, 0.4) is 0 Å². The van der Waals surface area contributed by atoms with Crippen LogP contribution in [0.25, 0.3) is 21.6 Å². The standard InChI is InChI=1S/C45H54FN5O5S/c1-27(2)51-38-16-10-14-35(42-48-37(26-57-42)28-11-8-9-12-28)39(38)49-44(51)56-34-23-29-17-18-30(24-34)41(53)50-45(43(54)55)25-31(45)13-6-4-3-5-7-15-36(40(29)52)47-33-21-19-32(46)20-22-33/h6,10,13-14,16,19-22,26-31,34,36,47H,3-5,7-9,11-12,15,17-18,23-25H2,1-2H3,(H,50,53)(H,54,55)/b13-6-/t29?,30-,31+,34-,36-,45+/m0/s1. The van der Waals surface area contributed by atoms with Crippen molar-refractivity contribution in [2.24, 2.45) is 17.8 Å². The minimum Gasteiger partial charge on any atom is -0.479 e. The largest absolute Gasteiger partial charge is 0.479 e. The molecule has 6 atom stereocenters. The molecule has 4 aromatic rings. The number of halogens is 1. The predicted octanol–water partition coefficient (Wildman–Crippen LogP) is 9.62. The van der Waals surface area contributed by atoms with E-state index in [9.17, 15) is 23.9 Å². The molecule has 302 valence electrons. The number of carboxylic acid groups (broad SMARTS) is 1. The van der Waals surface area contributed by atoms with Gasteiger partial charge in [-0.25, -0.2) is 14.2 Å². The molecule has 57 heavy (non-hydrogen) atoms. The average molecular weight is 796 g/mol. The molecule has 2 aromatic heterocycles. The van der Waals surface area contributed by atoms with Gasteiger partial charge in [-0.2, -0.15) is 4.98 Å². The van der Waals surface area contributed by atoms with Crippen molar-refractivity contribution in [3.05, 3.63) is 71.5 Å². The van der Waals surface area contributed by atoms with Crippen LogP contribution in [0.15, 0.2) is 60.0 Å². The summed E-state index contributed by atoms with van der Waals surface area (Å²) in [6.07, 6.45) is 14.2. The first-order valence-corrected chi connectivity index (χ1v) is 21.9. The molecule has 2 aromatic carbocycles. The molecule has 3 heterocycles. The quantitative estimate of drug-likeness (QED) is 0.150. The number of nitrogens with one attached hydrogen (secondary N) is 2. The highest BCUT2D eigenvalue weighted by molar-refractivity contribution is 7.13. The van der Waals surface area contributed by atoms with Gasteiger partial charge in [0.2, 0.25) is 5.91 Å². The van der Waals surface area contributed by atoms with Gasteiger partial charge in [0.15, 0.2) is 5.78 Å². The molecule has 3 saturated carbocycles. The third-order valence-electron chi connectivity index (χ3n) is 12.7. The maximum absolute atomic E-state index is 14.7. The Morgan fingerprint density at radius 3 is 2.49 bits per heavy atom. The lowest BCUT2D eigenvalue weighted by Crippen LogP contribution is -2.47. The number of hydrogen-bond donors (Lipinski definition) is 3. The van der Waals surface area contributed by atoms with E-state index in [1.54, 1.807) is 23.5 Å². The van der Waals surface area contributed by atoms with Crippen molar-refractivity contribution in [2.75, 3.05) is 5.32 Å². The molecule has 2 bridgehead atoms. The number of aromatic nitrogens is 3. The molecule has 0 spiro atoms. The van der Waals surface area contributed by atoms with Crippen LogP contribution in [-0.4, -0.2) is 55.0 Å². The van der Waals surface area contributed by atoms with Crippen molar-refractivity contribution in [1.29, 1.82) is 0 Å². The summed E-state index contributed by atoms with van der Waals surface area (Å²) in [4.78, 5) is 51.6. The molecule has 1 unspecified atom stereocenters. The lowest BCUT2D eigenvalue weighted by molar-refractivity contribution is -0.144. The van der Waals surface area contributed by atoms with Crippen LogP contribution in [0, 0.1) is 23.6 Å². The van der Waals surface area contributed by atoms with E-state index >= 15 is 0 Å². The van der Waals surface area contributed by atoms with Crippen LogP contribution >= 0.6 is 11.3 Å². The number of amides is 1. The Morgan fingerprint density at radius 1 is 0.965 bits per heavy atom. The van der Waals surface area contributed by atoms with E-state index in [0.29, 0.717) is 56.1 Å². The number of aliphatic carboxylic acids is 1. The van der Waals surface area contributed by atoms with Gasteiger partial charge in [0.1, 0.15) is 28.0 Å². The molecular weight excluding hydrogens is 742 g/mol. The van der Waals surface area contributed by atoms with Crippen LogP contribution in [0.2, 0.25) is 0 Å². The van der Waals surface area contributed by atoms with Crippen LogP contribution in [0.5, 0.6) is 6.01 Å². The zero-order valence-corrected chi connectivity index (χ0v) is 33.7. The number of para-hydroxylation sites is 1. The first-order valence-electron chi connectivity index (χ1n) is 21.0. The molecule has 0 saturated heterocycles. The number of carboxylic acids is 1. The summed E-state index contributed by atoms with van der Waals surface area (Å²) in [5.41, 5.74) is 3.19. The van der Waals surface area contributed by atoms with E-state index in [2.05, 4.69) is 40.5 Å². The molecule has 1 amide bonds. The summed E-state index contributed by atoms with van der Waals surface area (Å²) in [7, 11) is 0. The van der Waals surface area contributed by atoms with Crippen molar-refractivity contribution < 1.29 is 28.6 Å². The first kappa shape index (κ1) is 39.3. The highest BCUT2D eigenvalue weighted by atomic mass is 32.1. The van der Waals surface area contributed by atoms with Crippen LogP contribution in [0.4, 0.5) is 10.1 Å². The third kappa shape index (κ3) is 8.38. The van der Waals surface area contributed by atoms with E-state index in [1.165, 1.54) is 37.8 Å². The smallest absolute Gasteiger partial charge is 0.330 e. The summed E-state index contributed by atoms with van der Waals surface area (Å²) in [6, 6.07) is 12.2. The van der Waals surface area contributed by atoms with Gasteiger partial charge >= 0.3 is 5.97 Å². The number of rotatable bonds is 8. The number of Topliss-reactive ketones (excluding diaryl/α,β-unsaturated/α-hetero) is 1. The highest BCUT2D eigenvalue weighted by Gasteiger charge is 2.61. The number of imidazole rings is 1. The summed E-state index contributed by atoms with van der Waals surface area (Å²) in [5, 5.41) is 19.8. The molecule has 10 nitrogen and oxygen atoms in total. The second kappa shape index (κ2) is 16.7. The van der Waals surface area contributed by atoms with Crippen LogP contribution < -0.4 is 15.4 Å². The lowest BCUT2D eigenvalue weighted by Gasteiger charge is -2.26. The second-order valence-electron chi connectivity index (χ2n) is 17.0. The summed E-state index contributed by atoms with van der Waals surface area (Å²) in [5.74, 6) is -2.39. The van der Waals surface area contributed by atoms with Gasteiger partial charge in [-0.15, -0.1) is 11.3 Å².